The number of unbranched alkanes of at least 4 members (excludes halogenated alkanes) is 9. The molecule has 0 heterocycles. The van der Waals surface area contributed by atoms with Crippen LogP contribution < -0.4 is 0 Å². The molecule has 0 aromatic carbocycles. The Kier molecular flexibility index (Phi) is 18.6. The third-order valence-electron chi connectivity index (χ3n) is 4.55. The fraction of sp³-hybridized carbons (Fsp3) is 0.857. The molecule has 0 radical (unpaired) electrons. The Morgan fingerprint density at radius 3 is 1.89 bits per heavy atom. The highest BCUT2D eigenvalue weighted by Gasteiger charge is 2.25. The first-order valence-electron chi connectivity index (χ1n) is 10.6. The van der Waals surface area contributed by atoms with Crippen LogP contribution in [0.4, 0.5) is 0 Å². The van der Waals surface area contributed by atoms with E-state index in [1.165, 1.54) is 25.7 Å². The van der Waals surface area contributed by atoms with E-state index in [-0.39, 0.29) is 0 Å². The van der Waals surface area contributed by atoms with Crippen LogP contribution in [0.5, 0.6) is 0 Å². The molecule has 0 aromatic rings. The molecule has 28 heavy (non-hydrogen) atoms. The van der Waals surface area contributed by atoms with E-state index < -0.39 is 37.5 Å². The highest BCUT2D eigenvalue weighted by Crippen LogP contribution is 2.11. The van der Waals surface area contributed by atoms with Crippen molar-refractivity contribution in [1.29, 1.82) is 0 Å². The Balaban J connectivity index is 3.54. The molecule has 166 valence electrons. The average molecular weight is 405 g/mol. The summed E-state index contributed by atoms with van der Waals surface area (Å²) in [7, 11) is 0. The van der Waals surface area contributed by atoms with Gasteiger partial charge in [-0.1, -0.05) is 50.7 Å². The molecule has 0 aromatic heterocycles. The van der Waals surface area contributed by atoms with Crippen LogP contribution in [0.15, 0.2) is 12.2 Å². The molecule has 7 heteroatoms. The maximum atomic E-state index is 11.5. The lowest BCUT2D eigenvalue weighted by atomic mass is 10.0. The van der Waals surface area contributed by atoms with Crippen molar-refractivity contribution in [2.45, 2.75) is 95.4 Å². The number of hydrogen-bond acceptors (Lipinski definition) is 7. The van der Waals surface area contributed by atoms with Crippen molar-refractivity contribution in [3.63, 3.8) is 0 Å². The number of carbonyl (C=O) groups is 1. The Morgan fingerprint density at radius 1 is 0.786 bits per heavy atom. The summed E-state index contributed by atoms with van der Waals surface area (Å²) < 4.78 is 4.62. The summed E-state index contributed by atoms with van der Waals surface area (Å²) in [6, 6.07) is 0. The van der Waals surface area contributed by atoms with Gasteiger partial charge < -0.3 is 30.3 Å². The molecule has 0 bridgehead atoms. The van der Waals surface area contributed by atoms with Gasteiger partial charge in [-0.15, -0.1) is 0 Å². The molecule has 0 aliphatic carbocycles. The minimum atomic E-state index is -1.63. The van der Waals surface area contributed by atoms with E-state index in [1.807, 2.05) is 0 Å². The van der Waals surface area contributed by atoms with Gasteiger partial charge in [0.15, 0.2) is 6.10 Å². The van der Waals surface area contributed by atoms with Crippen molar-refractivity contribution in [2.24, 2.45) is 0 Å². The topological polar surface area (TPSA) is 127 Å². The number of carbonyl (C=O) groups excluding carboxylic acids is 1. The van der Waals surface area contributed by atoms with E-state index in [0.717, 1.165) is 38.5 Å². The van der Waals surface area contributed by atoms with Crippen LogP contribution in [0.25, 0.3) is 0 Å². The third-order valence-corrected chi connectivity index (χ3v) is 4.55. The molecule has 7 nitrogen and oxygen atoms in total. The fourth-order valence-electron chi connectivity index (χ4n) is 2.74. The Morgan fingerprint density at radius 2 is 1.32 bits per heavy atom. The van der Waals surface area contributed by atoms with Crippen molar-refractivity contribution in [2.75, 3.05) is 19.8 Å². The van der Waals surface area contributed by atoms with Gasteiger partial charge in [0, 0.05) is 6.61 Å². The summed E-state index contributed by atoms with van der Waals surface area (Å²) in [6.45, 7) is -0.647. The number of allylic oxidation sites excluding steroid dienone is 2. The second-order valence-electron chi connectivity index (χ2n) is 7.22. The van der Waals surface area contributed by atoms with Gasteiger partial charge in [0.1, 0.15) is 12.7 Å². The molecule has 0 rings (SSSR count). The molecule has 0 saturated carbocycles. The smallest absolute Gasteiger partial charge is 0.337 e. The van der Waals surface area contributed by atoms with Gasteiger partial charge in [0.05, 0.1) is 12.7 Å². The first kappa shape index (κ1) is 27.0. The molecular formula is C21H40O7. The average Bonchev–Trinajstić information content (AvgIpc) is 2.71. The molecular weight excluding hydrogens is 364 g/mol. The molecule has 0 saturated heterocycles. The number of rotatable bonds is 19. The SMILES string of the molecule is O=C(OCC(O)CO)C(O)C(O)CCCCCC=CCCCCCCCCO. The maximum absolute atomic E-state index is 11.5. The largest absolute Gasteiger partial charge is 0.461 e. The third kappa shape index (κ3) is 16.0. The van der Waals surface area contributed by atoms with Gasteiger partial charge in [-0.2, -0.15) is 0 Å². The van der Waals surface area contributed by atoms with Gasteiger partial charge in [-0.25, -0.2) is 4.79 Å². The number of aliphatic hydroxyl groups is 5. The molecule has 5 N–H and O–H groups in total. The molecule has 0 spiro atoms. The summed E-state index contributed by atoms with van der Waals surface area (Å²) >= 11 is 0. The zero-order valence-corrected chi connectivity index (χ0v) is 17.0. The highest BCUT2D eigenvalue weighted by atomic mass is 16.6. The van der Waals surface area contributed by atoms with E-state index in [4.69, 9.17) is 15.3 Å². The summed E-state index contributed by atoms with van der Waals surface area (Å²) in [6.07, 6.45) is 12.3. The van der Waals surface area contributed by atoms with E-state index in [1.54, 1.807) is 0 Å². The number of aliphatic hydroxyl groups excluding tert-OH is 5. The lowest BCUT2D eigenvalue weighted by molar-refractivity contribution is -0.163. The Bertz CT molecular complexity index is 387. The van der Waals surface area contributed by atoms with Gasteiger partial charge in [-0.05, 0) is 38.5 Å². The molecule has 0 aliphatic heterocycles. The van der Waals surface area contributed by atoms with E-state index in [2.05, 4.69) is 16.9 Å². The van der Waals surface area contributed by atoms with Gasteiger partial charge in [-0.3, -0.25) is 0 Å². The number of ether oxygens (including phenoxy) is 1. The van der Waals surface area contributed by atoms with Crippen molar-refractivity contribution in [1.82, 2.24) is 0 Å². The quantitative estimate of drug-likeness (QED) is 0.126. The van der Waals surface area contributed by atoms with Crippen LogP contribution in [0.3, 0.4) is 0 Å². The summed E-state index contributed by atoms with van der Waals surface area (Å²) in [4.78, 5) is 11.5. The molecule has 0 fully saturated rings. The van der Waals surface area contributed by atoms with E-state index in [9.17, 15) is 15.0 Å². The van der Waals surface area contributed by atoms with Crippen LogP contribution >= 0.6 is 0 Å². The van der Waals surface area contributed by atoms with Crippen LogP contribution in [0, 0.1) is 0 Å². The van der Waals surface area contributed by atoms with Gasteiger partial charge in [0.25, 0.3) is 0 Å². The Labute approximate surface area is 169 Å². The predicted octanol–water partition coefficient (Wildman–Crippen LogP) is 1.83. The first-order valence-corrected chi connectivity index (χ1v) is 10.6. The summed E-state index contributed by atoms with van der Waals surface area (Å²) in [5.74, 6) is -0.990. The standard InChI is InChI=1S/C21H40O7/c22-15-13-11-9-7-5-3-1-2-4-6-8-10-12-14-19(25)20(26)21(27)28-17-18(24)16-23/h2,4,18-20,22-26H,1,3,5-17H2. The van der Waals surface area contributed by atoms with E-state index >= 15 is 0 Å². The minimum absolute atomic E-state index is 0.297. The van der Waals surface area contributed by atoms with Gasteiger partial charge >= 0.3 is 5.97 Å². The van der Waals surface area contributed by atoms with Crippen LogP contribution in [0.1, 0.15) is 77.0 Å². The monoisotopic (exact) mass is 404 g/mol. The van der Waals surface area contributed by atoms with Crippen molar-refractivity contribution >= 4 is 5.97 Å². The molecule has 3 atom stereocenters. The van der Waals surface area contributed by atoms with Crippen molar-refractivity contribution < 1.29 is 35.1 Å². The fourth-order valence-corrected chi connectivity index (χ4v) is 2.74. The lowest BCUT2D eigenvalue weighted by Gasteiger charge is -2.17. The normalized spacial score (nSPS) is 14.9. The second kappa shape index (κ2) is 19.3. The lowest BCUT2D eigenvalue weighted by Crippen LogP contribution is -2.37. The van der Waals surface area contributed by atoms with Crippen LogP contribution in [-0.4, -0.2) is 69.6 Å². The van der Waals surface area contributed by atoms with Crippen LogP contribution in [-0.2, 0) is 9.53 Å². The number of hydrogen-bond donors (Lipinski definition) is 5. The summed E-state index contributed by atoms with van der Waals surface area (Å²) in [5.41, 5.74) is 0. The van der Waals surface area contributed by atoms with Crippen LogP contribution in [0.2, 0.25) is 0 Å². The Hall–Kier alpha value is -0.990. The second-order valence-corrected chi connectivity index (χ2v) is 7.22. The highest BCUT2D eigenvalue weighted by molar-refractivity contribution is 5.75. The molecule has 0 aliphatic rings. The summed E-state index contributed by atoms with van der Waals surface area (Å²) in [5, 5.41) is 45.9. The molecule has 3 unspecified atom stereocenters. The zero-order valence-electron chi connectivity index (χ0n) is 17.0. The zero-order chi connectivity index (χ0) is 21.0. The molecule has 0 amide bonds. The predicted molar refractivity (Wildman–Crippen MR) is 108 cm³/mol. The number of esters is 1. The van der Waals surface area contributed by atoms with Crippen molar-refractivity contribution in [3.8, 4) is 0 Å². The first-order chi connectivity index (χ1) is 13.5. The van der Waals surface area contributed by atoms with E-state index in [0.29, 0.717) is 19.4 Å². The maximum Gasteiger partial charge on any atom is 0.337 e. The minimum Gasteiger partial charge on any atom is -0.461 e. The van der Waals surface area contributed by atoms with Gasteiger partial charge in [0.2, 0.25) is 0 Å². The van der Waals surface area contributed by atoms with Crippen molar-refractivity contribution in [3.05, 3.63) is 12.2 Å².